The molecular weight excluding hydrogens is 445 g/mol. The maximum atomic E-state index is 12.6. The topological polar surface area (TPSA) is 70.2 Å². The van der Waals surface area contributed by atoms with Crippen LogP contribution in [0.5, 0.6) is 0 Å². The Balaban J connectivity index is 0.00000144. The first-order valence-corrected chi connectivity index (χ1v) is 11.5. The fourth-order valence-electron chi connectivity index (χ4n) is 5.02. The number of nitrogens with zero attached hydrogens (tertiary/aromatic N) is 3. The van der Waals surface area contributed by atoms with E-state index in [9.17, 15) is 4.79 Å². The molecule has 1 atom stereocenters. The van der Waals surface area contributed by atoms with Crippen molar-refractivity contribution < 1.29 is 4.79 Å². The molecule has 2 fully saturated rings. The highest BCUT2D eigenvalue weighted by molar-refractivity contribution is 5.85. The smallest absolute Gasteiger partial charge is 0.223 e. The molecule has 0 radical (unpaired) electrons. The van der Waals surface area contributed by atoms with Gasteiger partial charge in [0.05, 0.1) is 0 Å². The molecule has 2 aliphatic heterocycles. The fourth-order valence-corrected chi connectivity index (χ4v) is 5.02. The van der Waals surface area contributed by atoms with Gasteiger partial charge in [-0.25, -0.2) is 9.97 Å². The van der Waals surface area contributed by atoms with E-state index in [4.69, 9.17) is 9.97 Å². The van der Waals surface area contributed by atoms with E-state index in [1.807, 2.05) is 18.2 Å². The minimum Gasteiger partial charge on any atom is -0.356 e. The lowest BCUT2D eigenvalue weighted by molar-refractivity contribution is -0.125. The number of piperidine rings is 1. The van der Waals surface area contributed by atoms with Crippen LogP contribution in [0.25, 0.3) is 11.4 Å². The Labute approximate surface area is 202 Å². The van der Waals surface area contributed by atoms with Gasteiger partial charge in [0.25, 0.3) is 0 Å². The number of aryl methyl sites for hydroxylation is 1. The Morgan fingerprint density at radius 1 is 1.06 bits per heavy atom. The minimum atomic E-state index is 0. The molecule has 2 N–H and O–H groups in total. The molecule has 5 rings (SSSR count). The molecule has 3 aliphatic rings. The minimum absolute atomic E-state index is 0. The fraction of sp³-hybridized carbons (Fsp3) is 0.542. The van der Waals surface area contributed by atoms with Crippen LogP contribution in [0.4, 0.5) is 5.82 Å². The van der Waals surface area contributed by atoms with Crippen LogP contribution in [0.2, 0.25) is 0 Å². The van der Waals surface area contributed by atoms with Crippen molar-refractivity contribution in [2.24, 2.45) is 11.8 Å². The second kappa shape index (κ2) is 11.3. The van der Waals surface area contributed by atoms with Gasteiger partial charge in [-0.1, -0.05) is 30.3 Å². The van der Waals surface area contributed by atoms with Gasteiger partial charge in [-0.15, -0.1) is 24.8 Å². The third kappa shape index (κ3) is 5.36. The van der Waals surface area contributed by atoms with Gasteiger partial charge in [0.15, 0.2) is 5.82 Å². The molecule has 1 amide bonds. The summed E-state index contributed by atoms with van der Waals surface area (Å²) in [6.45, 7) is 4.70. The molecule has 1 aliphatic carbocycles. The van der Waals surface area contributed by atoms with E-state index < -0.39 is 0 Å². The Morgan fingerprint density at radius 2 is 1.84 bits per heavy atom. The molecule has 6 nitrogen and oxygen atoms in total. The van der Waals surface area contributed by atoms with Crippen LogP contribution in [0.15, 0.2) is 30.3 Å². The second-order valence-corrected chi connectivity index (χ2v) is 8.88. The number of hydrogen-bond donors (Lipinski definition) is 2. The predicted octanol–water partition coefficient (Wildman–Crippen LogP) is 3.42. The molecule has 2 aromatic rings. The van der Waals surface area contributed by atoms with Gasteiger partial charge >= 0.3 is 0 Å². The summed E-state index contributed by atoms with van der Waals surface area (Å²) >= 11 is 0. The van der Waals surface area contributed by atoms with Crippen LogP contribution in [0.1, 0.15) is 36.9 Å². The van der Waals surface area contributed by atoms with Crippen LogP contribution >= 0.6 is 24.8 Å². The molecular formula is C24H33Cl2N5O. The van der Waals surface area contributed by atoms with Gasteiger partial charge in [-0.2, -0.15) is 0 Å². The molecule has 1 aromatic heterocycles. The van der Waals surface area contributed by atoms with Gasteiger partial charge < -0.3 is 15.5 Å². The molecule has 1 aromatic carbocycles. The number of hydrogen-bond acceptors (Lipinski definition) is 5. The Bertz CT molecular complexity index is 897. The number of benzene rings is 1. The number of anilines is 1. The first-order valence-electron chi connectivity index (χ1n) is 11.5. The number of amides is 1. The molecule has 3 heterocycles. The zero-order valence-electron chi connectivity index (χ0n) is 18.4. The monoisotopic (exact) mass is 477 g/mol. The number of carbonyl (C=O) groups is 1. The average molecular weight is 478 g/mol. The standard InChI is InChI=1S/C24H31N5O.2ClH/c30-24(26-16-17-9-12-25-15-17)19-10-13-29(14-11-19)23-20-7-4-8-21(20)27-22(28-23)18-5-2-1-3-6-18;;/h1-3,5-6,17,19,25H,4,7-16H2,(H,26,30);2*1H. The first-order chi connectivity index (χ1) is 14.8. The number of aromatic nitrogens is 2. The van der Waals surface area contributed by atoms with E-state index >= 15 is 0 Å². The summed E-state index contributed by atoms with van der Waals surface area (Å²) in [4.78, 5) is 24.9. The Morgan fingerprint density at radius 3 is 2.56 bits per heavy atom. The summed E-state index contributed by atoms with van der Waals surface area (Å²) in [5.74, 6) is 2.89. The van der Waals surface area contributed by atoms with Crippen LogP contribution in [0, 0.1) is 11.8 Å². The van der Waals surface area contributed by atoms with Crippen molar-refractivity contribution in [2.45, 2.75) is 38.5 Å². The number of halogens is 2. The maximum Gasteiger partial charge on any atom is 0.223 e. The zero-order valence-corrected chi connectivity index (χ0v) is 20.0. The van der Waals surface area contributed by atoms with Crippen molar-refractivity contribution in [1.82, 2.24) is 20.6 Å². The van der Waals surface area contributed by atoms with Crippen LogP contribution in [-0.2, 0) is 17.6 Å². The SMILES string of the molecule is Cl.Cl.O=C(NCC1CCNC1)C1CCN(c2nc(-c3ccccc3)nc3c2CCC3)CC1. The van der Waals surface area contributed by atoms with E-state index in [0.29, 0.717) is 5.92 Å². The average Bonchev–Trinajstić information content (AvgIpc) is 3.49. The molecule has 174 valence electrons. The molecule has 0 spiro atoms. The highest BCUT2D eigenvalue weighted by Crippen LogP contribution is 2.33. The molecule has 0 bridgehead atoms. The van der Waals surface area contributed by atoms with Crippen molar-refractivity contribution in [2.75, 3.05) is 37.6 Å². The van der Waals surface area contributed by atoms with Gasteiger partial charge in [0, 0.05) is 42.4 Å². The molecule has 32 heavy (non-hydrogen) atoms. The molecule has 1 unspecified atom stereocenters. The van der Waals surface area contributed by atoms with Crippen LogP contribution in [-0.4, -0.2) is 48.6 Å². The number of carbonyl (C=O) groups excluding carboxylic acids is 1. The maximum absolute atomic E-state index is 12.6. The van der Waals surface area contributed by atoms with E-state index in [0.717, 1.165) is 82.0 Å². The van der Waals surface area contributed by atoms with Crippen LogP contribution in [0.3, 0.4) is 0 Å². The van der Waals surface area contributed by atoms with Gasteiger partial charge in [-0.3, -0.25) is 4.79 Å². The highest BCUT2D eigenvalue weighted by atomic mass is 35.5. The van der Waals surface area contributed by atoms with Crippen molar-refractivity contribution in [1.29, 1.82) is 0 Å². The number of nitrogens with one attached hydrogen (secondary N) is 2. The van der Waals surface area contributed by atoms with E-state index in [2.05, 4.69) is 27.7 Å². The molecule has 8 heteroatoms. The largest absolute Gasteiger partial charge is 0.356 e. The van der Waals surface area contributed by atoms with Crippen molar-refractivity contribution in [3.05, 3.63) is 41.6 Å². The van der Waals surface area contributed by atoms with Crippen LogP contribution < -0.4 is 15.5 Å². The van der Waals surface area contributed by atoms with Crippen molar-refractivity contribution >= 4 is 36.5 Å². The van der Waals surface area contributed by atoms with E-state index in [1.165, 1.54) is 17.7 Å². The molecule has 2 saturated heterocycles. The second-order valence-electron chi connectivity index (χ2n) is 8.88. The Hall–Kier alpha value is -1.89. The predicted molar refractivity (Wildman–Crippen MR) is 133 cm³/mol. The van der Waals surface area contributed by atoms with Crippen molar-refractivity contribution in [3.63, 3.8) is 0 Å². The number of rotatable bonds is 5. The Kier molecular flexibility index (Phi) is 8.74. The lowest BCUT2D eigenvalue weighted by Crippen LogP contribution is -2.42. The summed E-state index contributed by atoms with van der Waals surface area (Å²) in [5, 5.41) is 6.56. The summed E-state index contributed by atoms with van der Waals surface area (Å²) in [6, 6.07) is 10.3. The lowest BCUT2D eigenvalue weighted by Gasteiger charge is -2.33. The van der Waals surface area contributed by atoms with Gasteiger partial charge in [-0.05, 0) is 57.5 Å². The number of fused-ring (bicyclic) bond motifs is 1. The summed E-state index contributed by atoms with van der Waals surface area (Å²) in [6.07, 6.45) is 6.23. The van der Waals surface area contributed by atoms with E-state index in [1.54, 1.807) is 0 Å². The summed E-state index contributed by atoms with van der Waals surface area (Å²) in [5.41, 5.74) is 3.61. The van der Waals surface area contributed by atoms with Gasteiger partial charge in [0.2, 0.25) is 5.91 Å². The molecule has 0 saturated carbocycles. The van der Waals surface area contributed by atoms with Gasteiger partial charge in [0.1, 0.15) is 5.82 Å². The zero-order chi connectivity index (χ0) is 20.3. The summed E-state index contributed by atoms with van der Waals surface area (Å²) < 4.78 is 0. The lowest BCUT2D eigenvalue weighted by atomic mass is 9.95. The highest BCUT2D eigenvalue weighted by Gasteiger charge is 2.29. The van der Waals surface area contributed by atoms with E-state index in [-0.39, 0.29) is 36.6 Å². The third-order valence-corrected chi connectivity index (χ3v) is 6.84. The normalized spacial score (nSPS) is 20.2. The third-order valence-electron chi connectivity index (χ3n) is 6.84. The quantitative estimate of drug-likeness (QED) is 0.690. The van der Waals surface area contributed by atoms with Crippen molar-refractivity contribution in [3.8, 4) is 11.4 Å². The summed E-state index contributed by atoms with van der Waals surface area (Å²) in [7, 11) is 0. The first kappa shape index (κ1) is 24.7.